The van der Waals surface area contributed by atoms with Gasteiger partial charge in [0, 0.05) is 5.75 Å². The van der Waals surface area contributed by atoms with E-state index in [1.165, 1.54) is 5.75 Å². The largest absolute Gasteiger partial charge is 0.377 e. The van der Waals surface area contributed by atoms with Crippen LogP contribution in [0.5, 0.6) is 0 Å². The molecule has 0 atom stereocenters. The van der Waals surface area contributed by atoms with Crippen LogP contribution in [-0.4, -0.2) is 19.0 Å². The summed E-state index contributed by atoms with van der Waals surface area (Å²) in [4.78, 5) is 0. The Hall–Kier alpha value is 0.400. The van der Waals surface area contributed by atoms with E-state index in [0.717, 1.165) is 13.2 Å². The van der Waals surface area contributed by atoms with Crippen LogP contribution < -0.4 is 0 Å². The number of ether oxygens (including phenoxy) is 1. The van der Waals surface area contributed by atoms with Crippen LogP contribution in [0.4, 0.5) is 0 Å². The van der Waals surface area contributed by atoms with Crippen LogP contribution in [0.25, 0.3) is 0 Å². The first-order valence-corrected chi connectivity index (χ1v) is 4.89. The van der Waals surface area contributed by atoms with Crippen molar-refractivity contribution in [3.8, 4) is 0 Å². The van der Waals surface area contributed by atoms with Crippen molar-refractivity contribution in [3.05, 3.63) is 11.5 Å². The normalized spacial score (nSPS) is 22.0. The second kappa shape index (κ2) is 4.30. The van der Waals surface area contributed by atoms with Crippen LogP contribution in [0, 0.1) is 0 Å². The molecule has 2 rings (SSSR count). The van der Waals surface area contributed by atoms with Crippen LogP contribution in [0.3, 0.4) is 0 Å². The summed E-state index contributed by atoms with van der Waals surface area (Å²) in [6, 6.07) is 0. The minimum atomic E-state index is 1.00. The molecular formula is C5H8OS2. The van der Waals surface area contributed by atoms with E-state index in [0.29, 0.717) is 0 Å². The zero-order valence-electron chi connectivity index (χ0n) is 4.50. The number of epoxide rings is 1. The first-order chi connectivity index (χ1) is 4.00. The fourth-order valence-electron chi connectivity index (χ4n) is 0.196. The number of hydrogen-bond acceptors (Lipinski definition) is 3. The second-order valence-electron chi connectivity index (χ2n) is 1.36. The fourth-order valence-corrected chi connectivity index (χ4v) is 1.77. The Morgan fingerprint density at radius 3 is 2.25 bits per heavy atom. The van der Waals surface area contributed by atoms with Crippen molar-refractivity contribution >= 4 is 21.6 Å². The minimum Gasteiger partial charge on any atom is -0.377 e. The summed E-state index contributed by atoms with van der Waals surface area (Å²) in [6.45, 7) is 2.00. The van der Waals surface area contributed by atoms with Gasteiger partial charge < -0.3 is 4.74 Å². The fraction of sp³-hybridized carbons (Fsp3) is 0.600. The van der Waals surface area contributed by atoms with Crippen LogP contribution in [-0.2, 0) is 4.74 Å². The number of rotatable bonds is 0. The summed E-state index contributed by atoms with van der Waals surface area (Å²) in [5.41, 5.74) is 0. The monoisotopic (exact) mass is 148 g/mol. The molecule has 2 heterocycles. The molecule has 0 bridgehead atoms. The molecule has 0 amide bonds. The highest BCUT2D eigenvalue weighted by atomic mass is 33.1. The number of hydrogen-bond donors (Lipinski definition) is 0. The lowest BCUT2D eigenvalue weighted by Gasteiger charge is -1.69. The van der Waals surface area contributed by atoms with Crippen molar-refractivity contribution in [1.82, 2.24) is 0 Å². The van der Waals surface area contributed by atoms with E-state index < -0.39 is 0 Å². The summed E-state index contributed by atoms with van der Waals surface area (Å²) < 4.78 is 4.50. The van der Waals surface area contributed by atoms with Gasteiger partial charge >= 0.3 is 0 Å². The molecule has 0 N–H and O–H groups in total. The van der Waals surface area contributed by atoms with Gasteiger partial charge in [0.2, 0.25) is 0 Å². The van der Waals surface area contributed by atoms with E-state index in [9.17, 15) is 0 Å². The van der Waals surface area contributed by atoms with Gasteiger partial charge in [-0.25, -0.2) is 0 Å². The van der Waals surface area contributed by atoms with Gasteiger partial charge in [-0.15, -0.1) is 0 Å². The van der Waals surface area contributed by atoms with E-state index in [1.54, 1.807) is 0 Å². The molecule has 0 aromatic carbocycles. The van der Waals surface area contributed by atoms with Crippen molar-refractivity contribution in [2.45, 2.75) is 0 Å². The van der Waals surface area contributed by atoms with Gasteiger partial charge in [0.05, 0.1) is 13.2 Å². The molecule has 2 aliphatic heterocycles. The highest BCUT2D eigenvalue weighted by Crippen LogP contribution is 2.27. The molecular weight excluding hydrogens is 140 g/mol. The first-order valence-electron chi connectivity index (χ1n) is 2.51. The summed E-state index contributed by atoms with van der Waals surface area (Å²) in [5, 5.41) is 2.12. The summed E-state index contributed by atoms with van der Waals surface area (Å²) in [5.74, 6) is 1.20. The van der Waals surface area contributed by atoms with Gasteiger partial charge in [-0.3, -0.25) is 0 Å². The molecule has 46 valence electrons. The Morgan fingerprint density at radius 1 is 1.38 bits per heavy atom. The molecule has 1 nitrogen and oxygen atoms in total. The smallest absolute Gasteiger partial charge is 0.0701 e. The lowest BCUT2D eigenvalue weighted by molar-refractivity contribution is 0.475. The third kappa shape index (κ3) is 4.56. The van der Waals surface area contributed by atoms with Crippen LogP contribution in [0.15, 0.2) is 11.5 Å². The third-order valence-corrected chi connectivity index (χ3v) is 2.51. The predicted molar refractivity (Wildman–Crippen MR) is 40.0 cm³/mol. The van der Waals surface area contributed by atoms with Gasteiger partial charge in [0.25, 0.3) is 0 Å². The van der Waals surface area contributed by atoms with Gasteiger partial charge in [0.1, 0.15) is 0 Å². The highest BCUT2D eigenvalue weighted by molar-refractivity contribution is 8.78. The maximum absolute atomic E-state index is 4.50. The molecule has 0 aromatic heterocycles. The zero-order chi connectivity index (χ0) is 5.66. The average molecular weight is 148 g/mol. The molecule has 0 aromatic rings. The Morgan fingerprint density at radius 2 is 2.12 bits per heavy atom. The summed E-state index contributed by atoms with van der Waals surface area (Å²) >= 11 is 0. The molecule has 0 unspecified atom stereocenters. The van der Waals surface area contributed by atoms with Gasteiger partial charge in [-0.1, -0.05) is 27.7 Å². The van der Waals surface area contributed by atoms with E-state index in [1.807, 2.05) is 21.6 Å². The van der Waals surface area contributed by atoms with Crippen molar-refractivity contribution in [3.63, 3.8) is 0 Å². The van der Waals surface area contributed by atoms with E-state index in [4.69, 9.17) is 0 Å². The lowest BCUT2D eigenvalue weighted by atomic mass is 10.8. The van der Waals surface area contributed by atoms with Gasteiger partial charge in [0.15, 0.2) is 0 Å². The maximum atomic E-state index is 4.50. The molecule has 0 spiro atoms. The van der Waals surface area contributed by atoms with Gasteiger partial charge in [-0.2, -0.15) is 0 Å². The first kappa shape index (κ1) is 6.52. The minimum absolute atomic E-state index is 1.00. The van der Waals surface area contributed by atoms with Crippen LogP contribution in [0.1, 0.15) is 0 Å². The Balaban J connectivity index is 0.0000000907. The molecule has 1 saturated heterocycles. The van der Waals surface area contributed by atoms with E-state index in [-0.39, 0.29) is 0 Å². The standard InChI is InChI=1S/C3H4S2.C2H4O/c1-2-4-5-3-1;1-2-3-1/h1-2H,3H2;1-2H2. The average Bonchev–Trinajstić information content (AvgIpc) is 2.55. The van der Waals surface area contributed by atoms with E-state index in [2.05, 4.69) is 16.2 Å². The lowest BCUT2D eigenvalue weighted by Crippen LogP contribution is -1.46. The topological polar surface area (TPSA) is 12.5 Å². The van der Waals surface area contributed by atoms with Crippen LogP contribution >= 0.6 is 21.6 Å². The molecule has 3 heteroatoms. The Labute approximate surface area is 57.3 Å². The molecule has 0 radical (unpaired) electrons. The quantitative estimate of drug-likeness (QED) is 0.384. The van der Waals surface area contributed by atoms with Crippen molar-refractivity contribution in [2.75, 3.05) is 19.0 Å². The van der Waals surface area contributed by atoms with Crippen molar-refractivity contribution in [1.29, 1.82) is 0 Å². The Bertz CT molecular complexity index is 71.7. The highest BCUT2D eigenvalue weighted by Gasteiger charge is 1.94. The van der Waals surface area contributed by atoms with E-state index >= 15 is 0 Å². The summed E-state index contributed by atoms with van der Waals surface area (Å²) in [6.07, 6.45) is 2.16. The van der Waals surface area contributed by atoms with Gasteiger partial charge in [-0.05, 0) is 5.41 Å². The van der Waals surface area contributed by atoms with Crippen LogP contribution in [0.2, 0.25) is 0 Å². The second-order valence-corrected chi connectivity index (χ2v) is 3.68. The summed E-state index contributed by atoms with van der Waals surface area (Å²) in [7, 11) is 3.69. The molecule has 8 heavy (non-hydrogen) atoms. The van der Waals surface area contributed by atoms with Crippen molar-refractivity contribution < 1.29 is 4.74 Å². The Kier molecular flexibility index (Phi) is 3.50. The van der Waals surface area contributed by atoms with Crippen molar-refractivity contribution in [2.24, 2.45) is 0 Å². The molecule has 0 aliphatic carbocycles. The maximum Gasteiger partial charge on any atom is 0.0701 e. The molecule has 0 saturated carbocycles. The SMILES string of the molecule is C1=CSSC1.C1CO1. The molecule has 1 fully saturated rings. The molecule has 2 aliphatic rings. The third-order valence-electron chi connectivity index (χ3n) is 0.588. The predicted octanol–water partition coefficient (Wildman–Crippen LogP) is 1.91. The zero-order valence-corrected chi connectivity index (χ0v) is 6.13.